The summed E-state index contributed by atoms with van der Waals surface area (Å²) < 4.78 is 0. The molecule has 2 amide bonds. The van der Waals surface area contributed by atoms with Gasteiger partial charge in [-0.2, -0.15) is 0 Å². The largest absolute Gasteiger partial charge is 0.394 e. The van der Waals surface area contributed by atoms with Crippen molar-refractivity contribution in [1.82, 2.24) is 4.90 Å². The molecule has 21 heavy (non-hydrogen) atoms. The zero-order chi connectivity index (χ0) is 15.2. The van der Waals surface area contributed by atoms with E-state index in [-0.39, 0.29) is 18.7 Å². The molecule has 4 heteroatoms. The molecule has 4 nitrogen and oxygen atoms in total. The molecule has 0 radical (unpaired) electrons. The standard InChI is InChI=1S/C17H20N2O2/c1-13(12-20)19(2)17(21)18-16-11-7-6-10-15(16)14-8-4-3-5-9-14/h3-11,13,20H,12H2,1-2H3,(H,18,21). The molecule has 0 aliphatic rings. The van der Waals surface area contributed by atoms with Gasteiger partial charge < -0.3 is 15.3 Å². The SMILES string of the molecule is CC(CO)N(C)C(=O)Nc1ccccc1-c1ccccc1. The Balaban J connectivity index is 2.24. The topological polar surface area (TPSA) is 52.6 Å². The monoisotopic (exact) mass is 284 g/mol. The third-order valence-electron chi connectivity index (χ3n) is 3.50. The van der Waals surface area contributed by atoms with Crippen LogP contribution in [-0.2, 0) is 0 Å². The van der Waals surface area contributed by atoms with Gasteiger partial charge >= 0.3 is 6.03 Å². The van der Waals surface area contributed by atoms with E-state index in [0.717, 1.165) is 16.8 Å². The number of hydrogen-bond donors (Lipinski definition) is 2. The number of aliphatic hydroxyl groups is 1. The number of urea groups is 1. The number of carbonyl (C=O) groups is 1. The summed E-state index contributed by atoms with van der Waals surface area (Å²) in [7, 11) is 1.67. The van der Waals surface area contributed by atoms with Crippen LogP contribution in [0.5, 0.6) is 0 Å². The van der Waals surface area contributed by atoms with Crippen LogP contribution >= 0.6 is 0 Å². The fourth-order valence-corrected chi connectivity index (χ4v) is 1.99. The second-order valence-electron chi connectivity index (χ2n) is 4.98. The Hall–Kier alpha value is -2.33. The number of benzene rings is 2. The van der Waals surface area contributed by atoms with Crippen LogP contribution in [0.3, 0.4) is 0 Å². The Kier molecular flexibility index (Phi) is 4.95. The summed E-state index contributed by atoms with van der Waals surface area (Å²) in [5, 5.41) is 12.0. The third-order valence-corrected chi connectivity index (χ3v) is 3.50. The van der Waals surface area contributed by atoms with E-state index in [4.69, 9.17) is 5.11 Å². The first kappa shape index (κ1) is 15.1. The average molecular weight is 284 g/mol. The molecule has 2 N–H and O–H groups in total. The maximum absolute atomic E-state index is 12.2. The molecule has 0 fully saturated rings. The maximum Gasteiger partial charge on any atom is 0.321 e. The Labute approximate surface area is 125 Å². The van der Waals surface area contributed by atoms with Gasteiger partial charge in [-0.1, -0.05) is 48.5 Å². The van der Waals surface area contributed by atoms with Crippen molar-refractivity contribution in [3.8, 4) is 11.1 Å². The first-order valence-electron chi connectivity index (χ1n) is 6.92. The van der Waals surface area contributed by atoms with E-state index in [9.17, 15) is 4.79 Å². The Morgan fingerprint density at radius 3 is 2.43 bits per heavy atom. The molecule has 0 aliphatic heterocycles. The quantitative estimate of drug-likeness (QED) is 0.906. The summed E-state index contributed by atoms with van der Waals surface area (Å²) in [6.45, 7) is 1.73. The van der Waals surface area contributed by atoms with E-state index in [2.05, 4.69) is 5.32 Å². The Morgan fingerprint density at radius 1 is 1.14 bits per heavy atom. The summed E-state index contributed by atoms with van der Waals surface area (Å²) in [5.74, 6) is 0. The predicted octanol–water partition coefficient (Wildman–Crippen LogP) is 3.20. The van der Waals surface area contributed by atoms with Crippen LogP contribution in [0, 0.1) is 0 Å². The Bertz CT molecular complexity index is 599. The first-order valence-corrected chi connectivity index (χ1v) is 6.92. The van der Waals surface area contributed by atoms with Gasteiger partial charge in [-0.15, -0.1) is 0 Å². The second kappa shape index (κ2) is 6.90. The number of anilines is 1. The van der Waals surface area contributed by atoms with Crippen molar-refractivity contribution < 1.29 is 9.90 Å². The molecule has 0 aliphatic carbocycles. The molecule has 1 atom stereocenters. The number of aliphatic hydroxyl groups excluding tert-OH is 1. The number of carbonyl (C=O) groups excluding carboxylic acids is 1. The fraction of sp³-hybridized carbons (Fsp3) is 0.235. The maximum atomic E-state index is 12.2. The first-order chi connectivity index (χ1) is 10.1. The number of amides is 2. The van der Waals surface area contributed by atoms with Crippen LogP contribution in [0.1, 0.15) is 6.92 Å². The van der Waals surface area contributed by atoms with Crippen molar-refractivity contribution in [2.45, 2.75) is 13.0 Å². The Morgan fingerprint density at radius 2 is 1.76 bits per heavy atom. The van der Waals surface area contributed by atoms with Gasteiger partial charge in [0.25, 0.3) is 0 Å². The lowest BCUT2D eigenvalue weighted by atomic mass is 10.0. The van der Waals surface area contributed by atoms with Gasteiger partial charge in [0.05, 0.1) is 18.3 Å². The number of rotatable bonds is 4. The highest BCUT2D eigenvalue weighted by Gasteiger charge is 2.16. The van der Waals surface area contributed by atoms with Crippen molar-refractivity contribution in [2.75, 3.05) is 19.0 Å². The molecule has 2 aromatic carbocycles. The number of para-hydroxylation sites is 1. The van der Waals surface area contributed by atoms with E-state index < -0.39 is 0 Å². The lowest BCUT2D eigenvalue weighted by Crippen LogP contribution is -2.40. The molecular weight excluding hydrogens is 264 g/mol. The summed E-state index contributed by atoms with van der Waals surface area (Å²) in [6, 6.07) is 17.1. The molecular formula is C17H20N2O2. The molecule has 0 bridgehead atoms. The molecule has 0 aromatic heterocycles. The normalized spacial score (nSPS) is 11.8. The van der Waals surface area contributed by atoms with E-state index in [0.29, 0.717) is 0 Å². The summed E-state index contributed by atoms with van der Waals surface area (Å²) in [5.41, 5.74) is 2.77. The molecule has 2 rings (SSSR count). The minimum Gasteiger partial charge on any atom is -0.394 e. The van der Waals surface area contributed by atoms with Gasteiger partial charge in [0.2, 0.25) is 0 Å². The van der Waals surface area contributed by atoms with E-state index in [1.54, 1.807) is 14.0 Å². The van der Waals surface area contributed by atoms with Gasteiger partial charge in [0, 0.05) is 12.6 Å². The van der Waals surface area contributed by atoms with Gasteiger partial charge in [0.1, 0.15) is 0 Å². The van der Waals surface area contributed by atoms with Crippen LogP contribution in [0.15, 0.2) is 54.6 Å². The van der Waals surface area contributed by atoms with Crippen LogP contribution in [0.25, 0.3) is 11.1 Å². The van der Waals surface area contributed by atoms with Crippen LogP contribution in [0.2, 0.25) is 0 Å². The summed E-state index contributed by atoms with van der Waals surface area (Å²) in [6.07, 6.45) is 0. The minimum atomic E-state index is -0.236. The summed E-state index contributed by atoms with van der Waals surface area (Å²) >= 11 is 0. The molecule has 0 spiro atoms. The molecule has 1 unspecified atom stereocenters. The van der Waals surface area contributed by atoms with Crippen molar-refractivity contribution in [2.24, 2.45) is 0 Å². The van der Waals surface area contributed by atoms with Crippen molar-refractivity contribution >= 4 is 11.7 Å². The highest BCUT2D eigenvalue weighted by Crippen LogP contribution is 2.27. The lowest BCUT2D eigenvalue weighted by molar-refractivity contribution is 0.166. The molecule has 0 saturated heterocycles. The van der Waals surface area contributed by atoms with Crippen molar-refractivity contribution in [3.05, 3.63) is 54.6 Å². The average Bonchev–Trinajstić information content (AvgIpc) is 2.54. The molecule has 2 aromatic rings. The fourth-order valence-electron chi connectivity index (χ4n) is 1.99. The summed E-state index contributed by atoms with van der Waals surface area (Å²) in [4.78, 5) is 13.7. The highest BCUT2D eigenvalue weighted by molar-refractivity contribution is 5.94. The van der Waals surface area contributed by atoms with Gasteiger partial charge in [-0.3, -0.25) is 0 Å². The number of hydrogen-bond acceptors (Lipinski definition) is 2. The van der Waals surface area contributed by atoms with Crippen LogP contribution in [-0.4, -0.2) is 35.7 Å². The van der Waals surface area contributed by atoms with Crippen LogP contribution in [0.4, 0.5) is 10.5 Å². The van der Waals surface area contributed by atoms with Gasteiger partial charge in [-0.05, 0) is 18.6 Å². The lowest BCUT2D eigenvalue weighted by Gasteiger charge is -2.24. The third kappa shape index (κ3) is 3.61. The number of likely N-dealkylation sites (N-methyl/N-ethyl adjacent to an activating group) is 1. The predicted molar refractivity (Wildman–Crippen MR) is 85.2 cm³/mol. The van der Waals surface area contributed by atoms with Crippen molar-refractivity contribution in [3.63, 3.8) is 0 Å². The van der Waals surface area contributed by atoms with E-state index in [1.165, 1.54) is 4.90 Å². The minimum absolute atomic E-state index is 0.0652. The van der Waals surface area contributed by atoms with Gasteiger partial charge in [-0.25, -0.2) is 4.79 Å². The molecule has 110 valence electrons. The zero-order valence-corrected chi connectivity index (χ0v) is 12.3. The van der Waals surface area contributed by atoms with Crippen LogP contribution < -0.4 is 5.32 Å². The van der Waals surface area contributed by atoms with Crippen molar-refractivity contribution in [1.29, 1.82) is 0 Å². The molecule has 0 heterocycles. The number of nitrogens with one attached hydrogen (secondary N) is 1. The number of nitrogens with zero attached hydrogens (tertiary/aromatic N) is 1. The highest BCUT2D eigenvalue weighted by atomic mass is 16.3. The molecule has 0 saturated carbocycles. The van der Waals surface area contributed by atoms with Gasteiger partial charge in [0.15, 0.2) is 0 Å². The smallest absolute Gasteiger partial charge is 0.321 e. The zero-order valence-electron chi connectivity index (χ0n) is 12.3. The van der Waals surface area contributed by atoms with E-state index >= 15 is 0 Å². The van der Waals surface area contributed by atoms with E-state index in [1.807, 2.05) is 54.6 Å². The second-order valence-corrected chi connectivity index (χ2v) is 4.98.